The summed E-state index contributed by atoms with van der Waals surface area (Å²) in [5.74, 6) is 0.408. The van der Waals surface area contributed by atoms with Gasteiger partial charge in [-0.2, -0.15) is 0 Å². The molecule has 1 aliphatic rings. The van der Waals surface area contributed by atoms with Crippen molar-refractivity contribution in [3.8, 4) is 11.4 Å². The zero-order valence-electron chi connectivity index (χ0n) is 23.1. The predicted octanol–water partition coefficient (Wildman–Crippen LogP) is 6.25. The van der Waals surface area contributed by atoms with E-state index < -0.39 is 0 Å². The quantitative estimate of drug-likeness (QED) is 0.282. The van der Waals surface area contributed by atoms with E-state index in [-0.39, 0.29) is 18.0 Å². The van der Waals surface area contributed by atoms with Crippen LogP contribution in [0.25, 0.3) is 5.69 Å². The Labute approximate surface area is 234 Å². The van der Waals surface area contributed by atoms with Gasteiger partial charge in [0, 0.05) is 35.9 Å². The molecule has 0 saturated carbocycles. The van der Waals surface area contributed by atoms with Crippen LogP contribution in [0.4, 0.5) is 11.4 Å². The molecule has 7 nitrogen and oxygen atoms in total. The van der Waals surface area contributed by atoms with E-state index in [0.29, 0.717) is 16.5 Å². The van der Waals surface area contributed by atoms with Gasteiger partial charge in [-0.25, -0.2) is 0 Å². The van der Waals surface area contributed by atoms with Crippen molar-refractivity contribution in [2.24, 2.45) is 0 Å². The van der Waals surface area contributed by atoms with Crippen LogP contribution in [0, 0.1) is 27.7 Å². The van der Waals surface area contributed by atoms with Gasteiger partial charge in [0.15, 0.2) is 5.11 Å². The number of amides is 1. The highest BCUT2D eigenvalue weighted by molar-refractivity contribution is 7.80. The Morgan fingerprint density at radius 3 is 2.54 bits per heavy atom. The molecule has 0 spiro atoms. The van der Waals surface area contributed by atoms with Gasteiger partial charge in [0.25, 0.3) is 0 Å². The molecule has 1 fully saturated rings. The molecule has 3 heterocycles. The Balaban J connectivity index is 1.70. The molecule has 200 valence electrons. The molecular weight excluding hydrogens is 506 g/mol. The van der Waals surface area contributed by atoms with Gasteiger partial charge in [0.05, 0.1) is 30.6 Å². The summed E-state index contributed by atoms with van der Waals surface area (Å²) < 4.78 is 7.83. The van der Waals surface area contributed by atoms with Gasteiger partial charge >= 0.3 is 0 Å². The second-order valence-corrected chi connectivity index (χ2v) is 10.4. The zero-order valence-corrected chi connectivity index (χ0v) is 23.9. The Morgan fingerprint density at radius 1 is 1.05 bits per heavy atom. The van der Waals surface area contributed by atoms with Crippen LogP contribution < -0.4 is 20.3 Å². The molecule has 0 bridgehead atoms. The van der Waals surface area contributed by atoms with Crippen LogP contribution in [-0.4, -0.2) is 27.7 Å². The minimum absolute atomic E-state index is 0.174. The van der Waals surface area contributed by atoms with E-state index in [1.165, 1.54) is 23.7 Å². The number of ether oxygens (including phenoxy) is 1. The first-order chi connectivity index (χ1) is 18.7. The molecule has 2 aromatic heterocycles. The molecule has 8 heteroatoms. The van der Waals surface area contributed by atoms with Crippen molar-refractivity contribution in [2.75, 3.05) is 17.3 Å². The largest absolute Gasteiger partial charge is 0.495 e. The van der Waals surface area contributed by atoms with Gasteiger partial charge in [0.2, 0.25) is 5.91 Å². The maximum Gasteiger partial charge on any atom is 0.221 e. The summed E-state index contributed by atoms with van der Waals surface area (Å²) in [4.78, 5) is 18.8. The lowest BCUT2D eigenvalue weighted by molar-refractivity contribution is -0.114. The number of aromatic nitrogens is 2. The highest BCUT2D eigenvalue weighted by atomic mass is 32.1. The van der Waals surface area contributed by atoms with Gasteiger partial charge in [-0.15, -0.1) is 0 Å². The molecule has 0 unspecified atom stereocenters. The van der Waals surface area contributed by atoms with Crippen LogP contribution in [0.1, 0.15) is 52.8 Å². The van der Waals surface area contributed by atoms with E-state index in [1.54, 1.807) is 13.3 Å². The third-order valence-corrected chi connectivity index (χ3v) is 7.58. The summed E-state index contributed by atoms with van der Waals surface area (Å²) in [6.07, 6.45) is 1.81. The Morgan fingerprint density at radius 2 is 1.85 bits per heavy atom. The number of benzene rings is 2. The highest BCUT2D eigenvalue weighted by Crippen LogP contribution is 2.45. The second-order valence-electron chi connectivity index (χ2n) is 10.0. The van der Waals surface area contributed by atoms with E-state index in [1.807, 2.05) is 36.4 Å². The number of aryl methyl sites for hydroxylation is 3. The van der Waals surface area contributed by atoms with Crippen LogP contribution in [-0.2, 0) is 4.79 Å². The number of nitrogens with zero attached hydrogens (tertiary/aromatic N) is 3. The summed E-state index contributed by atoms with van der Waals surface area (Å²) in [7, 11) is 1.59. The van der Waals surface area contributed by atoms with E-state index >= 15 is 0 Å². The number of rotatable bonds is 6. The number of pyridine rings is 1. The third-order valence-electron chi connectivity index (χ3n) is 7.26. The SMILES string of the molecule is COc1ccc(N2C(=S)N[C@@H](c3ccccn3)[C@@H]2c2cc(C)n(-c3cc(C)ccc3C)c2C)cc1NC(C)=O. The van der Waals surface area contributed by atoms with Crippen molar-refractivity contribution in [1.29, 1.82) is 0 Å². The first kappa shape index (κ1) is 26.4. The van der Waals surface area contributed by atoms with Crippen molar-refractivity contribution in [3.63, 3.8) is 0 Å². The standard InChI is InChI=1S/C31H33N5O2S/c1-18-10-11-19(2)27(15-18)35-20(3)16-24(21(35)4)30-29(25-9-7-8-14-32-25)34-31(39)36(30)23-12-13-28(38-6)26(17-23)33-22(5)37/h7-17,29-30H,1-6H3,(H,33,37)(H,34,39)/t29-,30-/m0/s1. The number of methoxy groups -OCH3 is 1. The molecule has 1 amide bonds. The minimum atomic E-state index is -0.184. The van der Waals surface area contributed by atoms with Crippen molar-refractivity contribution >= 4 is 34.6 Å². The van der Waals surface area contributed by atoms with Crippen molar-refractivity contribution in [2.45, 2.75) is 46.7 Å². The fourth-order valence-electron chi connectivity index (χ4n) is 5.50. The topological polar surface area (TPSA) is 71.4 Å². The predicted molar refractivity (Wildman–Crippen MR) is 160 cm³/mol. The molecule has 1 saturated heterocycles. The lowest BCUT2D eigenvalue weighted by Crippen LogP contribution is -2.29. The second kappa shape index (κ2) is 10.5. The van der Waals surface area contributed by atoms with Gasteiger partial charge in [-0.1, -0.05) is 18.2 Å². The maximum atomic E-state index is 11.9. The van der Waals surface area contributed by atoms with Crippen LogP contribution in [0.5, 0.6) is 5.75 Å². The normalized spacial score (nSPS) is 16.8. The minimum Gasteiger partial charge on any atom is -0.495 e. The summed E-state index contributed by atoms with van der Waals surface area (Å²) in [5.41, 5.74) is 9.35. The number of nitrogens with one attached hydrogen (secondary N) is 2. The van der Waals surface area contributed by atoms with Gasteiger partial charge in [-0.05, 0) is 99.1 Å². The Kier molecular flexibility index (Phi) is 7.14. The molecule has 2 atom stereocenters. The average Bonchev–Trinajstić information content (AvgIpc) is 3.40. The average molecular weight is 540 g/mol. The number of hydrogen-bond donors (Lipinski definition) is 2. The molecule has 5 rings (SSSR count). The lowest BCUT2D eigenvalue weighted by Gasteiger charge is -2.29. The summed E-state index contributed by atoms with van der Waals surface area (Å²) in [6, 6.07) is 20.1. The van der Waals surface area contributed by atoms with Crippen molar-refractivity contribution in [1.82, 2.24) is 14.9 Å². The number of anilines is 2. The Bertz CT molecular complexity index is 1560. The monoisotopic (exact) mass is 539 g/mol. The first-order valence-corrected chi connectivity index (χ1v) is 13.3. The van der Waals surface area contributed by atoms with Crippen LogP contribution >= 0.6 is 12.2 Å². The molecule has 0 aliphatic carbocycles. The molecule has 1 aliphatic heterocycles. The lowest BCUT2D eigenvalue weighted by atomic mass is 9.96. The molecule has 39 heavy (non-hydrogen) atoms. The van der Waals surface area contributed by atoms with Gasteiger partial charge in [-0.3, -0.25) is 9.78 Å². The van der Waals surface area contributed by atoms with Crippen LogP contribution in [0.2, 0.25) is 0 Å². The number of carbonyl (C=O) groups is 1. The number of carbonyl (C=O) groups excluding carboxylic acids is 1. The molecule has 2 N–H and O–H groups in total. The zero-order chi connectivity index (χ0) is 27.8. The van der Waals surface area contributed by atoms with E-state index in [4.69, 9.17) is 21.9 Å². The smallest absolute Gasteiger partial charge is 0.221 e. The fraction of sp³-hybridized carbons (Fsp3) is 0.258. The Hall–Kier alpha value is -4.17. The molecule has 2 aromatic carbocycles. The number of thiocarbonyl (C=S) groups is 1. The molecular formula is C31H33N5O2S. The summed E-state index contributed by atoms with van der Waals surface area (Å²) >= 11 is 5.94. The summed E-state index contributed by atoms with van der Waals surface area (Å²) in [6.45, 7) is 10.0. The van der Waals surface area contributed by atoms with Crippen LogP contribution in [0.15, 0.2) is 66.9 Å². The maximum absolute atomic E-state index is 11.9. The van der Waals surface area contributed by atoms with Gasteiger partial charge in [0.1, 0.15) is 5.75 Å². The summed E-state index contributed by atoms with van der Waals surface area (Å²) in [5, 5.41) is 7.02. The number of hydrogen-bond acceptors (Lipinski definition) is 4. The van der Waals surface area contributed by atoms with Gasteiger partial charge < -0.3 is 24.8 Å². The third kappa shape index (κ3) is 4.88. The molecule has 4 aromatic rings. The van der Waals surface area contributed by atoms with E-state index in [2.05, 4.69) is 72.1 Å². The first-order valence-electron chi connectivity index (χ1n) is 12.9. The van der Waals surface area contributed by atoms with E-state index in [0.717, 1.165) is 28.3 Å². The van der Waals surface area contributed by atoms with E-state index in [9.17, 15) is 4.79 Å². The fourth-order valence-corrected chi connectivity index (χ4v) is 5.85. The highest BCUT2D eigenvalue weighted by Gasteiger charge is 2.42. The van der Waals surface area contributed by atoms with Crippen molar-refractivity contribution in [3.05, 3.63) is 101 Å². The molecule has 0 radical (unpaired) electrons. The van der Waals surface area contributed by atoms with Crippen LogP contribution in [0.3, 0.4) is 0 Å². The van der Waals surface area contributed by atoms with Crippen molar-refractivity contribution < 1.29 is 9.53 Å².